The summed E-state index contributed by atoms with van der Waals surface area (Å²) in [5, 5.41) is 5.51. The quantitative estimate of drug-likeness (QED) is 0.614. The summed E-state index contributed by atoms with van der Waals surface area (Å²) >= 11 is 0. The average molecular weight is 318 g/mol. The van der Waals surface area contributed by atoms with E-state index in [9.17, 15) is 4.39 Å². The fourth-order valence-corrected chi connectivity index (χ4v) is 2.67. The molecule has 1 N–H and O–H groups in total. The average Bonchev–Trinajstić information content (AvgIpc) is 3.14. The summed E-state index contributed by atoms with van der Waals surface area (Å²) in [5.41, 5.74) is 2.36. The standard InChI is InChI=1S/C19H15FN4/c20-18-10-17(3-4-19(18)24-8-7-22-13-24)23-11-14-1-2-16-12-21-6-5-15(16)9-14/h1-10,12-13,23H,11H2. The third-order valence-corrected chi connectivity index (χ3v) is 3.93. The van der Waals surface area contributed by atoms with Gasteiger partial charge in [0.25, 0.3) is 0 Å². The third-order valence-electron chi connectivity index (χ3n) is 3.93. The molecule has 0 aliphatic carbocycles. The highest BCUT2D eigenvalue weighted by Gasteiger charge is 2.05. The van der Waals surface area contributed by atoms with Crippen LogP contribution in [-0.2, 0) is 6.54 Å². The highest BCUT2D eigenvalue weighted by molar-refractivity contribution is 5.82. The molecule has 0 aliphatic rings. The van der Waals surface area contributed by atoms with Crippen LogP contribution in [0.1, 0.15) is 5.56 Å². The first-order chi connectivity index (χ1) is 11.8. The Morgan fingerprint density at radius 1 is 0.958 bits per heavy atom. The first kappa shape index (κ1) is 14.4. The zero-order valence-corrected chi connectivity index (χ0v) is 12.9. The van der Waals surface area contributed by atoms with Crippen LogP contribution in [-0.4, -0.2) is 14.5 Å². The Labute approximate surface area is 138 Å². The lowest BCUT2D eigenvalue weighted by atomic mass is 10.1. The molecule has 4 rings (SSSR count). The molecule has 0 atom stereocenters. The lowest BCUT2D eigenvalue weighted by Gasteiger charge is -2.10. The van der Waals surface area contributed by atoms with Crippen molar-refractivity contribution in [1.82, 2.24) is 14.5 Å². The zero-order chi connectivity index (χ0) is 16.4. The van der Waals surface area contributed by atoms with Crippen LogP contribution < -0.4 is 5.32 Å². The maximum atomic E-state index is 14.3. The topological polar surface area (TPSA) is 42.7 Å². The van der Waals surface area contributed by atoms with Crippen molar-refractivity contribution in [3.8, 4) is 5.69 Å². The molecule has 0 radical (unpaired) electrons. The summed E-state index contributed by atoms with van der Waals surface area (Å²) < 4.78 is 15.9. The van der Waals surface area contributed by atoms with Gasteiger partial charge in [-0.15, -0.1) is 0 Å². The second kappa shape index (κ2) is 6.12. The normalized spacial score (nSPS) is 10.9. The fourth-order valence-electron chi connectivity index (χ4n) is 2.67. The van der Waals surface area contributed by atoms with Gasteiger partial charge in [-0.1, -0.05) is 12.1 Å². The second-order valence-corrected chi connectivity index (χ2v) is 5.55. The molecule has 0 fully saturated rings. The van der Waals surface area contributed by atoms with E-state index in [1.807, 2.05) is 30.5 Å². The molecular weight excluding hydrogens is 303 g/mol. The molecule has 4 nitrogen and oxygen atoms in total. The van der Waals surface area contributed by atoms with Crippen molar-refractivity contribution in [3.63, 3.8) is 0 Å². The van der Waals surface area contributed by atoms with Gasteiger partial charge in [0.05, 0.1) is 12.0 Å². The molecule has 118 valence electrons. The molecule has 2 aromatic carbocycles. The number of imidazole rings is 1. The molecule has 2 heterocycles. The Morgan fingerprint density at radius 2 is 1.92 bits per heavy atom. The minimum atomic E-state index is -0.289. The summed E-state index contributed by atoms with van der Waals surface area (Å²) in [4.78, 5) is 8.05. The minimum Gasteiger partial charge on any atom is -0.381 e. The van der Waals surface area contributed by atoms with E-state index in [1.54, 1.807) is 35.6 Å². The van der Waals surface area contributed by atoms with Gasteiger partial charge >= 0.3 is 0 Å². The molecule has 4 aromatic rings. The van der Waals surface area contributed by atoms with Crippen molar-refractivity contribution in [2.45, 2.75) is 6.54 Å². The van der Waals surface area contributed by atoms with E-state index in [4.69, 9.17) is 0 Å². The monoisotopic (exact) mass is 318 g/mol. The Hall–Kier alpha value is -3.21. The zero-order valence-electron chi connectivity index (χ0n) is 12.9. The molecule has 0 bridgehead atoms. The molecule has 5 heteroatoms. The first-order valence-electron chi connectivity index (χ1n) is 7.64. The molecule has 0 spiro atoms. The van der Waals surface area contributed by atoms with E-state index in [-0.39, 0.29) is 5.82 Å². The van der Waals surface area contributed by atoms with Gasteiger partial charge in [0.15, 0.2) is 0 Å². The van der Waals surface area contributed by atoms with Gasteiger partial charge in [-0.2, -0.15) is 0 Å². The number of rotatable bonds is 4. The van der Waals surface area contributed by atoms with Crippen molar-refractivity contribution in [1.29, 1.82) is 0 Å². The predicted octanol–water partition coefficient (Wildman–Crippen LogP) is 4.17. The maximum Gasteiger partial charge on any atom is 0.149 e. The van der Waals surface area contributed by atoms with Crippen LogP contribution in [0.4, 0.5) is 10.1 Å². The summed E-state index contributed by atoms with van der Waals surface area (Å²) in [6.45, 7) is 0.627. The number of hydrogen-bond acceptors (Lipinski definition) is 3. The minimum absolute atomic E-state index is 0.289. The number of benzene rings is 2. The van der Waals surface area contributed by atoms with Gasteiger partial charge in [0.1, 0.15) is 5.82 Å². The molecule has 24 heavy (non-hydrogen) atoms. The Bertz CT molecular complexity index is 980. The van der Waals surface area contributed by atoms with Crippen LogP contribution >= 0.6 is 0 Å². The number of nitrogens with one attached hydrogen (secondary N) is 1. The van der Waals surface area contributed by atoms with Gasteiger partial charge in [-0.05, 0) is 41.3 Å². The van der Waals surface area contributed by atoms with Crippen LogP contribution in [0.2, 0.25) is 0 Å². The van der Waals surface area contributed by atoms with Crippen LogP contribution in [0.5, 0.6) is 0 Å². The third kappa shape index (κ3) is 2.84. The molecule has 0 saturated carbocycles. The first-order valence-corrected chi connectivity index (χ1v) is 7.64. The summed E-state index contributed by atoms with van der Waals surface area (Å²) in [7, 11) is 0. The van der Waals surface area contributed by atoms with Crippen LogP contribution in [0.15, 0.2) is 73.6 Å². The summed E-state index contributed by atoms with van der Waals surface area (Å²) in [6.07, 6.45) is 8.55. The Kier molecular flexibility index (Phi) is 3.67. The Morgan fingerprint density at radius 3 is 2.75 bits per heavy atom. The highest BCUT2D eigenvalue weighted by Crippen LogP contribution is 2.20. The van der Waals surface area contributed by atoms with Crippen molar-refractivity contribution >= 4 is 16.5 Å². The van der Waals surface area contributed by atoms with Crippen molar-refractivity contribution in [3.05, 3.63) is 85.0 Å². The van der Waals surface area contributed by atoms with Crippen molar-refractivity contribution in [2.75, 3.05) is 5.32 Å². The summed E-state index contributed by atoms with van der Waals surface area (Å²) in [5.74, 6) is -0.289. The number of halogens is 1. The SMILES string of the molecule is Fc1cc(NCc2ccc3cnccc3c2)ccc1-n1ccnc1. The fraction of sp³-hybridized carbons (Fsp3) is 0.0526. The number of fused-ring (bicyclic) bond motifs is 1. The van der Waals surface area contributed by atoms with E-state index in [2.05, 4.69) is 21.4 Å². The molecule has 0 saturated heterocycles. The van der Waals surface area contributed by atoms with Gasteiger partial charge in [-0.25, -0.2) is 9.37 Å². The van der Waals surface area contributed by atoms with Crippen molar-refractivity contribution < 1.29 is 4.39 Å². The van der Waals surface area contributed by atoms with E-state index >= 15 is 0 Å². The van der Waals surface area contributed by atoms with Crippen LogP contribution in [0.25, 0.3) is 16.5 Å². The highest BCUT2D eigenvalue weighted by atomic mass is 19.1. The largest absolute Gasteiger partial charge is 0.381 e. The smallest absolute Gasteiger partial charge is 0.149 e. The van der Waals surface area contributed by atoms with Crippen LogP contribution in [0, 0.1) is 5.82 Å². The number of pyridine rings is 1. The number of nitrogens with zero attached hydrogens (tertiary/aromatic N) is 3. The molecule has 0 amide bonds. The van der Waals surface area contributed by atoms with Crippen molar-refractivity contribution in [2.24, 2.45) is 0 Å². The Balaban J connectivity index is 1.51. The molecular formula is C19H15FN4. The lowest BCUT2D eigenvalue weighted by Crippen LogP contribution is -2.01. The number of anilines is 1. The lowest BCUT2D eigenvalue weighted by molar-refractivity contribution is 0.618. The van der Waals surface area contributed by atoms with Crippen LogP contribution in [0.3, 0.4) is 0 Å². The molecule has 0 unspecified atom stereocenters. The van der Waals surface area contributed by atoms with Gasteiger partial charge in [0.2, 0.25) is 0 Å². The van der Waals surface area contributed by atoms with Gasteiger partial charge < -0.3 is 9.88 Å². The van der Waals surface area contributed by atoms with E-state index in [1.165, 1.54) is 6.07 Å². The summed E-state index contributed by atoms with van der Waals surface area (Å²) in [6, 6.07) is 13.3. The van der Waals surface area contributed by atoms with Gasteiger partial charge in [0, 0.05) is 42.4 Å². The number of aromatic nitrogens is 3. The van der Waals surface area contributed by atoms with E-state index in [0.717, 1.165) is 22.0 Å². The maximum absolute atomic E-state index is 14.3. The second-order valence-electron chi connectivity index (χ2n) is 5.55. The molecule has 2 aromatic heterocycles. The molecule has 0 aliphatic heterocycles. The predicted molar refractivity (Wildman–Crippen MR) is 92.6 cm³/mol. The van der Waals surface area contributed by atoms with E-state index < -0.39 is 0 Å². The number of hydrogen-bond donors (Lipinski definition) is 1. The van der Waals surface area contributed by atoms with E-state index in [0.29, 0.717) is 12.2 Å². The van der Waals surface area contributed by atoms with Gasteiger partial charge in [-0.3, -0.25) is 4.98 Å².